The second-order valence-electron chi connectivity index (χ2n) is 3.31. The van der Waals surface area contributed by atoms with Gasteiger partial charge < -0.3 is 5.32 Å². The number of benzene rings is 1. The van der Waals surface area contributed by atoms with Gasteiger partial charge in [0.1, 0.15) is 5.82 Å². The number of rotatable bonds is 1. The van der Waals surface area contributed by atoms with Crippen LogP contribution >= 0.6 is 27.7 Å². The molecule has 14 heavy (non-hydrogen) atoms. The van der Waals surface area contributed by atoms with Gasteiger partial charge >= 0.3 is 0 Å². The highest BCUT2D eigenvalue weighted by Crippen LogP contribution is 2.36. The van der Waals surface area contributed by atoms with Crippen molar-refractivity contribution in [3.63, 3.8) is 0 Å². The molecule has 4 heteroatoms. The number of halogens is 2. The maximum atomic E-state index is 13.2. The molecule has 0 bridgehead atoms. The SMILES string of the molecule is CNC1CSCc2c(Br)cc(F)cc21. The molecule has 0 saturated heterocycles. The van der Waals surface area contributed by atoms with Gasteiger partial charge in [0.05, 0.1) is 0 Å². The van der Waals surface area contributed by atoms with Crippen molar-refractivity contribution in [3.05, 3.63) is 33.5 Å². The molecular weight excluding hydrogens is 265 g/mol. The smallest absolute Gasteiger partial charge is 0.124 e. The minimum atomic E-state index is -0.164. The van der Waals surface area contributed by atoms with Gasteiger partial charge in [-0.1, -0.05) is 15.9 Å². The van der Waals surface area contributed by atoms with Crippen LogP contribution in [0.5, 0.6) is 0 Å². The van der Waals surface area contributed by atoms with E-state index in [4.69, 9.17) is 0 Å². The lowest BCUT2D eigenvalue weighted by molar-refractivity contribution is 0.605. The molecule has 0 amide bonds. The zero-order valence-electron chi connectivity index (χ0n) is 7.81. The van der Waals surface area contributed by atoms with E-state index in [9.17, 15) is 4.39 Å². The van der Waals surface area contributed by atoms with Crippen LogP contribution in [0, 0.1) is 5.82 Å². The summed E-state index contributed by atoms with van der Waals surface area (Å²) >= 11 is 5.28. The van der Waals surface area contributed by atoms with E-state index in [1.165, 1.54) is 11.6 Å². The number of thioether (sulfide) groups is 1. The second kappa shape index (κ2) is 4.21. The summed E-state index contributed by atoms with van der Waals surface area (Å²) in [5, 5.41) is 3.21. The summed E-state index contributed by atoms with van der Waals surface area (Å²) in [7, 11) is 1.92. The average molecular weight is 276 g/mol. The van der Waals surface area contributed by atoms with Gasteiger partial charge in [0.15, 0.2) is 0 Å². The quantitative estimate of drug-likeness (QED) is 0.846. The molecule has 1 atom stereocenters. The Bertz CT molecular complexity index is 356. The highest BCUT2D eigenvalue weighted by molar-refractivity contribution is 9.10. The van der Waals surface area contributed by atoms with Gasteiger partial charge in [0, 0.05) is 22.0 Å². The van der Waals surface area contributed by atoms with Gasteiger partial charge in [-0.25, -0.2) is 4.39 Å². The second-order valence-corrected chi connectivity index (χ2v) is 5.20. The Hall–Kier alpha value is -0.0600. The minimum Gasteiger partial charge on any atom is -0.312 e. The van der Waals surface area contributed by atoms with E-state index >= 15 is 0 Å². The van der Waals surface area contributed by atoms with E-state index in [1.807, 2.05) is 18.8 Å². The van der Waals surface area contributed by atoms with Gasteiger partial charge in [0.25, 0.3) is 0 Å². The van der Waals surface area contributed by atoms with Crippen molar-refractivity contribution in [1.82, 2.24) is 5.32 Å². The molecule has 1 unspecified atom stereocenters. The Kier molecular flexibility index (Phi) is 3.14. The Balaban J connectivity index is 2.51. The van der Waals surface area contributed by atoms with Gasteiger partial charge in [-0.15, -0.1) is 0 Å². The predicted molar refractivity (Wildman–Crippen MR) is 62.1 cm³/mol. The van der Waals surface area contributed by atoms with E-state index in [-0.39, 0.29) is 11.9 Å². The third-order valence-corrected chi connectivity index (χ3v) is 4.22. The minimum absolute atomic E-state index is 0.164. The standard InChI is InChI=1S/C10H11BrFNS/c1-13-10-5-14-4-8-7(10)2-6(12)3-9(8)11/h2-3,10,13H,4-5H2,1H3. The molecule has 0 aliphatic carbocycles. The molecule has 0 fully saturated rings. The largest absolute Gasteiger partial charge is 0.312 e. The van der Waals surface area contributed by atoms with Crippen LogP contribution in [0.15, 0.2) is 16.6 Å². The number of nitrogens with one attached hydrogen (secondary N) is 1. The fraction of sp³-hybridized carbons (Fsp3) is 0.400. The zero-order valence-corrected chi connectivity index (χ0v) is 10.2. The van der Waals surface area contributed by atoms with E-state index in [2.05, 4.69) is 21.2 Å². The average Bonchev–Trinajstić information content (AvgIpc) is 2.17. The molecule has 0 aromatic heterocycles. The van der Waals surface area contributed by atoms with Crippen LogP contribution in [0.2, 0.25) is 0 Å². The lowest BCUT2D eigenvalue weighted by Crippen LogP contribution is -2.23. The molecule has 1 aliphatic rings. The summed E-state index contributed by atoms with van der Waals surface area (Å²) in [6.45, 7) is 0. The van der Waals surface area contributed by atoms with Crippen LogP contribution in [-0.4, -0.2) is 12.8 Å². The molecule has 0 radical (unpaired) electrons. The zero-order chi connectivity index (χ0) is 10.1. The first-order valence-electron chi connectivity index (χ1n) is 4.45. The van der Waals surface area contributed by atoms with Crippen LogP contribution in [0.25, 0.3) is 0 Å². The van der Waals surface area contributed by atoms with Gasteiger partial charge in [-0.3, -0.25) is 0 Å². The molecule has 1 nitrogen and oxygen atoms in total. The van der Waals surface area contributed by atoms with Gasteiger partial charge in [-0.2, -0.15) is 11.8 Å². The Labute approximate surface area is 95.6 Å². The molecule has 1 aromatic rings. The molecule has 0 saturated carbocycles. The summed E-state index contributed by atoms with van der Waals surface area (Å²) in [5.74, 6) is 1.82. The Morgan fingerprint density at radius 3 is 3.07 bits per heavy atom. The lowest BCUT2D eigenvalue weighted by atomic mass is 10.0. The molecule has 1 aliphatic heterocycles. The van der Waals surface area contributed by atoms with Gasteiger partial charge in [0.2, 0.25) is 0 Å². The Morgan fingerprint density at radius 2 is 2.36 bits per heavy atom. The molecular formula is C10H11BrFNS. The van der Waals surface area contributed by atoms with Crippen molar-refractivity contribution in [2.75, 3.05) is 12.8 Å². The molecule has 1 heterocycles. The monoisotopic (exact) mass is 275 g/mol. The maximum absolute atomic E-state index is 13.2. The van der Waals surface area contributed by atoms with Crippen molar-refractivity contribution in [2.24, 2.45) is 0 Å². The first-order valence-corrected chi connectivity index (χ1v) is 6.40. The molecule has 2 rings (SSSR count). The third-order valence-electron chi connectivity index (χ3n) is 2.45. The summed E-state index contributed by atoms with van der Waals surface area (Å²) in [5.41, 5.74) is 2.32. The number of hydrogen-bond donors (Lipinski definition) is 1. The van der Waals surface area contributed by atoms with Crippen molar-refractivity contribution < 1.29 is 4.39 Å². The normalized spacial score (nSPS) is 20.6. The number of hydrogen-bond acceptors (Lipinski definition) is 2. The predicted octanol–water partition coefficient (Wildman–Crippen LogP) is 3.10. The van der Waals surface area contributed by atoms with Crippen LogP contribution < -0.4 is 5.32 Å². The Morgan fingerprint density at radius 1 is 1.57 bits per heavy atom. The summed E-state index contributed by atoms with van der Waals surface area (Å²) in [6, 6.07) is 3.45. The van der Waals surface area contributed by atoms with Crippen molar-refractivity contribution in [1.29, 1.82) is 0 Å². The van der Waals surface area contributed by atoms with Crippen molar-refractivity contribution in [3.8, 4) is 0 Å². The van der Waals surface area contributed by atoms with Crippen LogP contribution in [0.4, 0.5) is 4.39 Å². The molecule has 76 valence electrons. The van der Waals surface area contributed by atoms with Crippen LogP contribution in [-0.2, 0) is 5.75 Å². The summed E-state index contributed by atoms with van der Waals surface area (Å²) < 4.78 is 14.1. The van der Waals surface area contributed by atoms with Crippen molar-refractivity contribution >= 4 is 27.7 Å². The first-order chi connectivity index (χ1) is 6.72. The number of fused-ring (bicyclic) bond motifs is 1. The maximum Gasteiger partial charge on any atom is 0.124 e. The van der Waals surface area contributed by atoms with E-state index in [0.717, 1.165) is 21.5 Å². The summed E-state index contributed by atoms with van der Waals surface area (Å²) in [6.07, 6.45) is 0. The van der Waals surface area contributed by atoms with Crippen LogP contribution in [0.1, 0.15) is 17.2 Å². The van der Waals surface area contributed by atoms with E-state index in [0.29, 0.717) is 0 Å². The van der Waals surface area contributed by atoms with Crippen molar-refractivity contribution in [2.45, 2.75) is 11.8 Å². The fourth-order valence-corrected chi connectivity index (χ4v) is 3.69. The van der Waals surface area contributed by atoms with Gasteiger partial charge in [-0.05, 0) is 30.3 Å². The van der Waals surface area contributed by atoms with E-state index in [1.54, 1.807) is 6.07 Å². The fourth-order valence-electron chi connectivity index (χ4n) is 1.69. The molecule has 1 N–H and O–H groups in total. The summed E-state index contributed by atoms with van der Waals surface area (Å²) in [4.78, 5) is 0. The molecule has 0 spiro atoms. The first kappa shape index (κ1) is 10.5. The third kappa shape index (κ3) is 1.83. The molecule has 1 aromatic carbocycles. The topological polar surface area (TPSA) is 12.0 Å². The highest BCUT2D eigenvalue weighted by Gasteiger charge is 2.21. The van der Waals surface area contributed by atoms with E-state index < -0.39 is 0 Å². The highest BCUT2D eigenvalue weighted by atomic mass is 79.9. The van der Waals surface area contributed by atoms with Crippen LogP contribution in [0.3, 0.4) is 0 Å². The lowest BCUT2D eigenvalue weighted by Gasteiger charge is -2.25.